The number of aliphatic hydroxyl groups excluding tert-OH is 1. The quantitative estimate of drug-likeness (QED) is 0.610. The maximum atomic E-state index is 14.2. The molecule has 4 unspecified atom stereocenters. The average molecular weight is 454 g/mol. The van der Waals surface area contributed by atoms with Crippen LogP contribution in [0.3, 0.4) is 0 Å². The topological polar surface area (TPSA) is 63.9 Å². The first-order chi connectivity index (χ1) is 16.5. The minimum absolute atomic E-state index is 0.181. The van der Waals surface area contributed by atoms with E-state index in [4.69, 9.17) is 0 Å². The van der Waals surface area contributed by atoms with Crippen molar-refractivity contribution in [3.63, 3.8) is 0 Å². The lowest BCUT2D eigenvalue weighted by Crippen LogP contribution is -2.53. The van der Waals surface area contributed by atoms with Crippen molar-refractivity contribution in [2.75, 3.05) is 6.54 Å². The van der Waals surface area contributed by atoms with E-state index in [1.807, 2.05) is 90.7 Å². The van der Waals surface area contributed by atoms with Gasteiger partial charge in [-0.2, -0.15) is 0 Å². The molecule has 0 saturated carbocycles. The summed E-state index contributed by atoms with van der Waals surface area (Å²) in [7, 11) is 0. The SMILES string of the molecule is CC(c1ccccc1)N1C(=O)N2C(c3ccccc3)C2(C(=O)N2CCc3ccccc3C2)C1O. The third kappa shape index (κ3) is 2.85. The first-order valence-corrected chi connectivity index (χ1v) is 11.8. The molecule has 6 heteroatoms. The molecule has 6 nitrogen and oxygen atoms in total. The Bertz CT molecular complexity index is 1250. The maximum Gasteiger partial charge on any atom is 0.324 e. The molecule has 3 aromatic carbocycles. The van der Waals surface area contributed by atoms with Crippen LogP contribution in [0.5, 0.6) is 0 Å². The number of amides is 3. The van der Waals surface area contributed by atoms with Gasteiger partial charge in [0.15, 0.2) is 11.8 Å². The van der Waals surface area contributed by atoms with Gasteiger partial charge in [-0.3, -0.25) is 14.6 Å². The van der Waals surface area contributed by atoms with Crippen molar-refractivity contribution in [1.82, 2.24) is 14.7 Å². The van der Waals surface area contributed by atoms with Gasteiger partial charge in [-0.15, -0.1) is 0 Å². The molecular formula is C28H27N3O3. The molecule has 0 bridgehead atoms. The van der Waals surface area contributed by atoms with Crippen molar-refractivity contribution in [3.8, 4) is 0 Å². The van der Waals surface area contributed by atoms with Crippen molar-refractivity contribution >= 4 is 11.9 Å². The van der Waals surface area contributed by atoms with Gasteiger partial charge in [0.1, 0.15) is 0 Å². The van der Waals surface area contributed by atoms with Crippen LogP contribution in [0, 0.1) is 0 Å². The number of rotatable bonds is 4. The molecule has 34 heavy (non-hydrogen) atoms. The molecule has 0 radical (unpaired) electrons. The van der Waals surface area contributed by atoms with Crippen LogP contribution in [0.15, 0.2) is 84.9 Å². The van der Waals surface area contributed by atoms with E-state index in [2.05, 4.69) is 6.07 Å². The fourth-order valence-electron chi connectivity index (χ4n) is 5.84. The summed E-state index contributed by atoms with van der Waals surface area (Å²) in [4.78, 5) is 32.7. The highest BCUT2D eigenvalue weighted by Gasteiger charge is 2.82. The Morgan fingerprint density at radius 2 is 1.56 bits per heavy atom. The molecule has 3 amide bonds. The van der Waals surface area contributed by atoms with Gasteiger partial charge in [-0.1, -0.05) is 84.9 Å². The third-order valence-electron chi connectivity index (χ3n) is 7.67. The Morgan fingerprint density at radius 1 is 0.941 bits per heavy atom. The van der Waals surface area contributed by atoms with Gasteiger partial charge < -0.3 is 10.0 Å². The summed E-state index contributed by atoms with van der Waals surface area (Å²) in [5.74, 6) is -0.181. The second kappa shape index (κ2) is 7.71. The molecule has 172 valence electrons. The van der Waals surface area contributed by atoms with Crippen molar-refractivity contribution in [2.45, 2.75) is 43.7 Å². The third-order valence-corrected chi connectivity index (χ3v) is 7.67. The van der Waals surface area contributed by atoms with Crippen molar-refractivity contribution < 1.29 is 14.7 Å². The van der Waals surface area contributed by atoms with E-state index >= 15 is 0 Å². The summed E-state index contributed by atoms with van der Waals surface area (Å²) < 4.78 is 0. The lowest BCUT2D eigenvalue weighted by Gasteiger charge is -2.35. The number of urea groups is 1. The zero-order valence-corrected chi connectivity index (χ0v) is 19.0. The molecule has 4 atom stereocenters. The lowest BCUT2D eigenvalue weighted by atomic mass is 9.92. The number of fused-ring (bicyclic) bond motifs is 2. The van der Waals surface area contributed by atoms with Crippen LogP contribution < -0.4 is 0 Å². The molecular weight excluding hydrogens is 426 g/mol. The Kier molecular flexibility index (Phi) is 4.74. The molecule has 3 aliphatic rings. The molecule has 2 saturated heterocycles. The summed E-state index contributed by atoms with van der Waals surface area (Å²) in [6.07, 6.45) is -0.479. The number of benzene rings is 3. The largest absolute Gasteiger partial charge is 0.370 e. The Labute approximate surface area is 199 Å². The van der Waals surface area contributed by atoms with Gasteiger partial charge in [0.05, 0.1) is 12.1 Å². The lowest BCUT2D eigenvalue weighted by molar-refractivity contribution is -0.141. The number of hydrogen-bond acceptors (Lipinski definition) is 3. The van der Waals surface area contributed by atoms with Crippen molar-refractivity contribution in [1.29, 1.82) is 0 Å². The molecule has 3 heterocycles. The molecule has 0 spiro atoms. The molecule has 0 aromatic heterocycles. The van der Waals surface area contributed by atoms with Gasteiger partial charge in [-0.05, 0) is 35.6 Å². The smallest absolute Gasteiger partial charge is 0.324 e. The summed E-state index contributed by atoms with van der Waals surface area (Å²) in [6, 6.07) is 26.2. The summed E-state index contributed by atoms with van der Waals surface area (Å²) in [5.41, 5.74) is 2.85. The molecule has 3 aliphatic heterocycles. The summed E-state index contributed by atoms with van der Waals surface area (Å²) in [6.45, 7) is 2.96. The Hall–Kier alpha value is -3.64. The van der Waals surface area contributed by atoms with Crippen LogP contribution in [-0.2, 0) is 17.8 Å². The standard InChI is InChI=1S/C28H27N3O3/c1-19(20-10-4-2-5-11-20)30-26(33)28(24(31(28)27(30)34)22-13-6-3-7-14-22)25(32)29-17-16-21-12-8-9-15-23(21)18-29/h2-15,19,24,26,33H,16-18H2,1H3. The van der Waals surface area contributed by atoms with Crippen LogP contribution in [0.25, 0.3) is 0 Å². The highest BCUT2D eigenvalue weighted by molar-refractivity contribution is 6.02. The molecule has 0 aliphatic carbocycles. The van der Waals surface area contributed by atoms with Gasteiger partial charge in [-0.25, -0.2) is 4.79 Å². The molecule has 3 aromatic rings. The van der Waals surface area contributed by atoms with E-state index in [1.165, 1.54) is 10.5 Å². The summed E-state index contributed by atoms with van der Waals surface area (Å²) in [5, 5.41) is 11.7. The number of carbonyl (C=O) groups excluding carboxylic acids is 2. The Morgan fingerprint density at radius 3 is 2.26 bits per heavy atom. The normalized spacial score (nSPS) is 26.2. The number of carbonyl (C=O) groups is 2. The first kappa shape index (κ1) is 20.9. The van der Waals surface area contributed by atoms with E-state index in [1.54, 1.807) is 4.90 Å². The van der Waals surface area contributed by atoms with E-state index in [9.17, 15) is 14.7 Å². The minimum Gasteiger partial charge on any atom is -0.370 e. The minimum atomic E-state index is -1.31. The highest BCUT2D eigenvalue weighted by atomic mass is 16.3. The van der Waals surface area contributed by atoms with Crippen LogP contribution >= 0.6 is 0 Å². The second-order valence-electron chi connectivity index (χ2n) is 9.40. The molecule has 6 rings (SSSR count). The molecule has 2 fully saturated rings. The monoisotopic (exact) mass is 453 g/mol. The maximum absolute atomic E-state index is 14.2. The van der Waals surface area contributed by atoms with Crippen LogP contribution in [0.4, 0.5) is 4.79 Å². The molecule has 1 N–H and O–H groups in total. The van der Waals surface area contributed by atoms with Crippen LogP contribution in [0.1, 0.15) is 41.3 Å². The summed E-state index contributed by atoms with van der Waals surface area (Å²) >= 11 is 0. The van der Waals surface area contributed by atoms with Gasteiger partial charge >= 0.3 is 6.03 Å². The van der Waals surface area contributed by atoms with Gasteiger partial charge in [0, 0.05) is 13.1 Å². The Balaban J connectivity index is 1.38. The van der Waals surface area contributed by atoms with Gasteiger partial charge in [0.25, 0.3) is 5.91 Å². The highest BCUT2D eigenvalue weighted by Crippen LogP contribution is 2.62. The van der Waals surface area contributed by atoms with Gasteiger partial charge in [0.2, 0.25) is 0 Å². The number of hydrogen-bond donors (Lipinski definition) is 1. The fraction of sp³-hybridized carbons (Fsp3) is 0.286. The predicted octanol–water partition coefficient (Wildman–Crippen LogP) is 3.88. The van der Waals surface area contributed by atoms with Crippen molar-refractivity contribution in [2.24, 2.45) is 0 Å². The van der Waals surface area contributed by atoms with Crippen LogP contribution in [-0.4, -0.2) is 50.1 Å². The van der Waals surface area contributed by atoms with E-state index in [0.29, 0.717) is 13.1 Å². The van der Waals surface area contributed by atoms with E-state index < -0.39 is 17.8 Å². The zero-order chi connectivity index (χ0) is 23.4. The second-order valence-corrected chi connectivity index (χ2v) is 9.40. The zero-order valence-electron chi connectivity index (χ0n) is 19.0. The van der Waals surface area contributed by atoms with Crippen LogP contribution in [0.2, 0.25) is 0 Å². The van der Waals surface area contributed by atoms with E-state index in [0.717, 1.165) is 23.1 Å². The predicted molar refractivity (Wildman–Crippen MR) is 127 cm³/mol. The first-order valence-electron chi connectivity index (χ1n) is 11.8. The number of aliphatic hydroxyl groups is 1. The fourth-order valence-corrected chi connectivity index (χ4v) is 5.84. The van der Waals surface area contributed by atoms with E-state index in [-0.39, 0.29) is 18.0 Å². The van der Waals surface area contributed by atoms with Crippen molar-refractivity contribution in [3.05, 3.63) is 107 Å². The number of nitrogens with zero attached hydrogens (tertiary/aromatic N) is 3. The average Bonchev–Trinajstić information content (AvgIpc) is 3.54.